The van der Waals surface area contributed by atoms with Crippen molar-refractivity contribution in [3.63, 3.8) is 0 Å². The summed E-state index contributed by atoms with van der Waals surface area (Å²) in [5.74, 6) is -0.190. The Balaban J connectivity index is 1.87. The van der Waals surface area contributed by atoms with Crippen LogP contribution in [0, 0.1) is 5.82 Å². The maximum absolute atomic E-state index is 13.8. The van der Waals surface area contributed by atoms with Gasteiger partial charge in [-0.25, -0.2) is 4.39 Å². The van der Waals surface area contributed by atoms with Crippen LogP contribution in [0.4, 0.5) is 4.39 Å². The van der Waals surface area contributed by atoms with E-state index in [1.54, 1.807) is 17.4 Å². The molecule has 0 bridgehead atoms. The first-order valence-corrected chi connectivity index (χ1v) is 9.07. The van der Waals surface area contributed by atoms with E-state index in [1.807, 2.05) is 6.07 Å². The van der Waals surface area contributed by atoms with Gasteiger partial charge in [0.2, 0.25) is 0 Å². The van der Waals surface area contributed by atoms with E-state index >= 15 is 0 Å². The van der Waals surface area contributed by atoms with E-state index < -0.39 is 0 Å². The number of unbranched alkanes of at least 4 members (excludes halogenated alkanes) is 1. The summed E-state index contributed by atoms with van der Waals surface area (Å²) in [4.78, 5) is 4.71. The number of nitrogens with two attached hydrogens (primary N) is 1. The molecule has 0 radical (unpaired) electrons. The molecule has 4 aromatic rings. The second-order valence-corrected chi connectivity index (χ2v) is 7.15. The third-order valence-corrected chi connectivity index (χ3v) is 5.55. The molecule has 2 heterocycles. The number of thiophene rings is 1. The van der Waals surface area contributed by atoms with Gasteiger partial charge in [-0.1, -0.05) is 18.2 Å². The lowest BCUT2D eigenvalue weighted by atomic mass is 10.0. The van der Waals surface area contributed by atoms with Crippen LogP contribution in [0.3, 0.4) is 0 Å². The number of aromatic amines is 1. The van der Waals surface area contributed by atoms with E-state index in [0.29, 0.717) is 6.54 Å². The van der Waals surface area contributed by atoms with Gasteiger partial charge in [0, 0.05) is 15.6 Å². The van der Waals surface area contributed by atoms with Crippen molar-refractivity contribution in [2.24, 2.45) is 5.73 Å². The topological polar surface area (TPSA) is 41.8 Å². The van der Waals surface area contributed by atoms with Crippen molar-refractivity contribution in [2.75, 3.05) is 6.54 Å². The first-order valence-electron chi connectivity index (χ1n) is 8.25. The maximum atomic E-state index is 13.8. The molecule has 4 rings (SSSR count). The summed E-state index contributed by atoms with van der Waals surface area (Å²) >= 11 is 1.77. The smallest absolute Gasteiger partial charge is 0.123 e. The van der Waals surface area contributed by atoms with Crippen LogP contribution in [0.5, 0.6) is 0 Å². The fourth-order valence-electron chi connectivity index (χ4n) is 3.24. The summed E-state index contributed by atoms with van der Waals surface area (Å²) in [6.07, 6.45) is 2.90. The normalized spacial score (nSPS) is 11.6. The minimum absolute atomic E-state index is 0.190. The monoisotopic (exact) mass is 338 g/mol. The molecule has 0 aliphatic rings. The van der Waals surface area contributed by atoms with E-state index in [0.717, 1.165) is 35.9 Å². The predicted molar refractivity (Wildman–Crippen MR) is 101 cm³/mol. The molecule has 0 amide bonds. The molecule has 2 aromatic heterocycles. The van der Waals surface area contributed by atoms with Gasteiger partial charge in [0.25, 0.3) is 0 Å². The molecule has 3 N–H and O–H groups in total. The highest BCUT2D eigenvalue weighted by Gasteiger charge is 2.15. The van der Waals surface area contributed by atoms with Gasteiger partial charge >= 0.3 is 0 Å². The molecule has 2 nitrogen and oxygen atoms in total. The quantitative estimate of drug-likeness (QED) is 0.465. The molecule has 0 atom stereocenters. The van der Waals surface area contributed by atoms with Gasteiger partial charge in [-0.3, -0.25) is 0 Å². The summed E-state index contributed by atoms with van der Waals surface area (Å²) in [7, 11) is 0. The number of H-pyrrole nitrogens is 1. The van der Waals surface area contributed by atoms with Crippen molar-refractivity contribution in [2.45, 2.75) is 19.3 Å². The van der Waals surface area contributed by atoms with Gasteiger partial charge in [-0.2, -0.15) is 0 Å². The second kappa shape index (κ2) is 6.38. The van der Waals surface area contributed by atoms with E-state index in [4.69, 9.17) is 5.73 Å². The average Bonchev–Trinajstić information content (AvgIpc) is 3.16. The Labute approximate surface area is 144 Å². The first kappa shape index (κ1) is 15.4. The van der Waals surface area contributed by atoms with Gasteiger partial charge in [0.1, 0.15) is 5.82 Å². The molecule has 0 saturated heterocycles. The zero-order valence-electron chi connectivity index (χ0n) is 13.3. The van der Waals surface area contributed by atoms with Crippen LogP contribution in [-0.2, 0) is 6.42 Å². The van der Waals surface area contributed by atoms with Gasteiger partial charge in [0.05, 0.1) is 10.6 Å². The van der Waals surface area contributed by atoms with E-state index in [2.05, 4.69) is 35.3 Å². The number of fused-ring (bicyclic) bond motifs is 2. The molecule has 24 heavy (non-hydrogen) atoms. The molecule has 0 spiro atoms. The molecule has 0 saturated carbocycles. The van der Waals surface area contributed by atoms with E-state index in [-0.39, 0.29) is 5.82 Å². The molecule has 0 fully saturated rings. The lowest BCUT2D eigenvalue weighted by Gasteiger charge is -2.03. The van der Waals surface area contributed by atoms with Crippen LogP contribution < -0.4 is 5.73 Å². The number of hydrogen-bond acceptors (Lipinski definition) is 2. The van der Waals surface area contributed by atoms with E-state index in [9.17, 15) is 4.39 Å². The third-order valence-electron chi connectivity index (χ3n) is 4.42. The van der Waals surface area contributed by atoms with Crippen LogP contribution in [0.25, 0.3) is 31.6 Å². The minimum atomic E-state index is -0.190. The SMILES string of the molecule is NCCCCc1c(-c2cc3ccccc3s2)[nH]c2ccc(F)cc12. The van der Waals surface area contributed by atoms with Crippen molar-refractivity contribution in [3.8, 4) is 10.6 Å². The van der Waals surface area contributed by atoms with E-state index in [1.165, 1.54) is 26.6 Å². The van der Waals surface area contributed by atoms with Crippen LogP contribution in [0.2, 0.25) is 0 Å². The number of aromatic nitrogens is 1. The third kappa shape index (κ3) is 2.72. The highest BCUT2D eigenvalue weighted by atomic mass is 32.1. The highest BCUT2D eigenvalue weighted by Crippen LogP contribution is 2.38. The van der Waals surface area contributed by atoms with Gasteiger partial charge < -0.3 is 10.7 Å². The van der Waals surface area contributed by atoms with Crippen molar-refractivity contribution in [3.05, 3.63) is 59.9 Å². The Bertz CT molecular complexity index is 966. The fraction of sp³-hybridized carbons (Fsp3) is 0.200. The number of aryl methyl sites for hydroxylation is 1. The van der Waals surface area contributed by atoms with Gasteiger partial charge in [-0.15, -0.1) is 11.3 Å². The standard InChI is InChI=1S/C20H19FN2S/c21-14-8-9-17-16(12-14)15(6-3-4-10-22)20(23-17)19-11-13-5-1-2-7-18(13)24-19/h1-2,5,7-9,11-12,23H,3-4,6,10,22H2. The number of halogens is 1. The second-order valence-electron chi connectivity index (χ2n) is 6.06. The lowest BCUT2D eigenvalue weighted by Crippen LogP contribution is -1.99. The van der Waals surface area contributed by atoms with Gasteiger partial charge in [-0.05, 0) is 67.1 Å². The molecule has 0 aliphatic heterocycles. The van der Waals surface area contributed by atoms with Crippen molar-refractivity contribution in [1.29, 1.82) is 0 Å². The summed E-state index contributed by atoms with van der Waals surface area (Å²) in [6.45, 7) is 0.689. The number of hydrogen-bond donors (Lipinski definition) is 2. The van der Waals surface area contributed by atoms with Crippen molar-refractivity contribution >= 4 is 32.3 Å². The molecular weight excluding hydrogens is 319 g/mol. The number of rotatable bonds is 5. The summed E-state index contributed by atoms with van der Waals surface area (Å²) in [5.41, 5.74) is 8.95. The van der Waals surface area contributed by atoms with Crippen molar-refractivity contribution < 1.29 is 4.39 Å². The Hall–Kier alpha value is -2.17. The maximum Gasteiger partial charge on any atom is 0.123 e. The number of benzene rings is 2. The molecule has 0 unspecified atom stereocenters. The Morgan fingerprint density at radius 1 is 1.04 bits per heavy atom. The summed E-state index contributed by atoms with van der Waals surface area (Å²) in [6, 6.07) is 15.6. The molecule has 0 aliphatic carbocycles. The Morgan fingerprint density at radius 2 is 1.92 bits per heavy atom. The Kier molecular flexibility index (Phi) is 4.08. The largest absolute Gasteiger partial charge is 0.354 e. The highest BCUT2D eigenvalue weighted by molar-refractivity contribution is 7.22. The minimum Gasteiger partial charge on any atom is -0.354 e. The molecule has 2 aromatic carbocycles. The molecule has 122 valence electrons. The molecular formula is C20H19FN2S. The summed E-state index contributed by atoms with van der Waals surface area (Å²) < 4.78 is 15.0. The lowest BCUT2D eigenvalue weighted by molar-refractivity contribution is 0.629. The van der Waals surface area contributed by atoms with Crippen molar-refractivity contribution in [1.82, 2.24) is 4.98 Å². The number of nitrogens with one attached hydrogen (secondary N) is 1. The zero-order chi connectivity index (χ0) is 16.5. The van der Waals surface area contributed by atoms with Crippen LogP contribution in [0.1, 0.15) is 18.4 Å². The fourth-order valence-corrected chi connectivity index (χ4v) is 4.33. The Morgan fingerprint density at radius 3 is 2.75 bits per heavy atom. The predicted octanol–water partition coefficient (Wildman–Crippen LogP) is 5.47. The molecule has 4 heteroatoms. The zero-order valence-corrected chi connectivity index (χ0v) is 14.1. The van der Waals surface area contributed by atoms with Gasteiger partial charge in [0.15, 0.2) is 0 Å². The van der Waals surface area contributed by atoms with Crippen LogP contribution >= 0.6 is 11.3 Å². The average molecular weight is 338 g/mol. The first-order chi connectivity index (χ1) is 11.8. The van der Waals surface area contributed by atoms with Crippen LogP contribution in [-0.4, -0.2) is 11.5 Å². The summed E-state index contributed by atoms with van der Waals surface area (Å²) in [5, 5.41) is 2.23. The van der Waals surface area contributed by atoms with Crippen LogP contribution in [0.15, 0.2) is 48.5 Å².